The van der Waals surface area contributed by atoms with Crippen LogP contribution in [0.15, 0.2) is 0 Å². The molecule has 0 spiro atoms. The number of aliphatic carboxylic acids is 1. The van der Waals surface area contributed by atoms with Gasteiger partial charge >= 0.3 is 11.9 Å². The van der Waals surface area contributed by atoms with E-state index in [1.54, 1.807) is 0 Å². The normalized spacial score (nSPS) is 11.2. The molecule has 0 saturated heterocycles. The Kier molecular flexibility index (Phi) is 8.72. The van der Waals surface area contributed by atoms with Gasteiger partial charge in [0.05, 0.1) is 6.61 Å². The number of carboxylic acids is 1. The van der Waals surface area contributed by atoms with Crippen LogP contribution in [0.1, 0.15) is 13.3 Å². The van der Waals surface area contributed by atoms with E-state index in [4.69, 9.17) is 10.8 Å². The van der Waals surface area contributed by atoms with Gasteiger partial charge in [-0.25, -0.2) is 0 Å². The number of ether oxygens (including phenoxy) is 1. The number of esters is 1. The molecule has 0 unspecified atom stereocenters. The standard InChI is InChI=1S/C6H11NO4.Sn/c1-4(8)11-3-2-5(7)6(9)10;/h5H,2-3,7H2,1H3,(H,9,10);/t5-;/m0./s1. The summed E-state index contributed by atoms with van der Waals surface area (Å²) in [6.45, 7) is 1.31. The molecule has 4 radical (unpaired) electrons. The molecular formula is C6H11NO4Sn. The fourth-order valence-corrected chi connectivity index (χ4v) is 0.453. The van der Waals surface area contributed by atoms with E-state index in [1.165, 1.54) is 6.92 Å². The fraction of sp³-hybridized carbons (Fsp3) is 0.667. The Hall–Kier alpha value is -0.301. The average molecular weight is 280 g/mol. The summed E-state index contributed by atoms with van der Waals surface area (Å²) in [5.41, 5.74) is 5.11. The first kappa shape index (κ1) is 14.2. The van der Waals surface area contributed by atoms with Crippen molar-refractivity contribution in [2.45, 2.75) is 19.4 Å². The Balaban J connectivity index is 0. The summed E-state index contributed by atoms with van der Waals surface area (Å²) >= 11 is 0. The van der Waals surface area contributed by atoms with Crippen LogP contribution < -0.4 is 5.73 Å². The molecule has 0 aromatic carbocycles. The summed E-state index contributed by atoms with van der Waals surface area (Å²) in [5.74, 6) is -1.51. The van der Waals surface area contributed by atoms with Crippen molar-refractivity contribution in [3.63, 3.8) is 0 Å². The minimum Gasteiger partial charge on any atom is -0.480 e. The number of carbonyl (C=O) groups is 2. The Morgan fingerprint density at radius 2 is 2.08 bits per heavy atom. The number of carboxylic acid groups (broad SMARTS) is 1. The number of hydrogen-bond donors (Lipinski definition) is 2. The van der Waals surface area contributed by atoms with Gasteiger partial charge in [-0.2, -0.15) is 0 Å². The van der Waals surface area contributed by atoms with E-state index in [0.717, 1.165) is 0 Å². The summed E-state index contributed by atoms with van der Waals surface area (Å²) < 4.78 is 4.48. The molecule has 0 aliphatic rings. The van der Waals surface area contributed by atoms with E-state index < -0.39 is 18.0 Å². The van der Waals surface area contributed by atoms with Gasteiger partial charge in [0.2, 0.25) is 0 Å². The summed E-state index contributed by atoms with van der Waals surface area (Å²) in [4.78, 5) is 20.3. The molecule has 1 atom stereocenters. The largest absolute Gasteiger partial charge is 0.480 e. The van der Waals surface area contributed by atoms with E-state index in [1.807, 2.05) is 0 Å². The van der Waals surface area contributed by atoms with E-state index in [9.17, 15) is 9.59 Å². The molecule has 0 aliphatic heterocycles. The van der Waals surface area contributed by atoms with Crippen molar-refractivity contribution >= 4 is 35.8 Å². The quantitative estimate of drug-likeness (QED) is 0.507. The molecule has 5 nitrogen and oxygen atoms in total. The fourth-order valence-electron chi connectivity index (χ4n) is 0.453. The Labute approximate surface area is 87.2 Å². The van der Waals surface area contributed by atoms with Crippen LogP contribution in [0.2, 0.25) is 0 Å². The van der Waals surface area contributed by atoms with Crippen molar-refractivity contribution in [1.82, 2.24) is 0 Å². The molecular weight excluding hydrogens is 269 g/mol. The van der Waals surface area contributed by atoms with Crippen LogP contribution in [0, 0.1) is 0 Å². The third-order valence-corrected chi connectivity index (χ3v) is 1.05. The minimum absolute atomic E-state index is 0. The molecule has 0 fully saturated rings. The second-order valence-electron chi connectivity index (χ2n) is 2.07. The average Bonchev–Trinajstić information content (AvgIpc) is 1.86. The van der Waals surface area contributed by atoms with E-state index >= 15 is 0 Å². The van der Waals surface area contributed by atoms with Gasteiger partial charge in [-0.05, 0) is 0 Å². The van der Waals surface area contributed by atoms with Crippen LogP contribution >= 0.6 is 0 Å². The molecule has 0 heterocycles. The molecule has 0 bridgehead atoms. The van der Waals surface area contributed by atoms with Crippen LogP contribution in [-0.2, 0) is 14.3 Å². The first-order chi connectivity index (χ1) is 5.04. The van der Waals surface area contributed by atoms with Gasteiger partial charge in [0.25, 0.3) is 0 Å². The van der Waals surface area contributed by atoms with Crippen molar-refractivity contribution in [2.75, 3.05) is 6.61 Å². The van der Waals surface area contributed by atoms with E-state index in [-0.39, 0.29) is 36.9 Å². The summed E-state index contributed by atoms with van der Waals surface area (Å²) in [6.07, 6.45) is 0.148. The molecule has 0 saturated carbocycles. The van der Waals surface area contributed by atoms with Crippen LogP contribution in [0.25, 0.3) is 0 Å². The number of nitrogens with two attached hydrogens (primary N) is 1. The van der Waals surface area contributed by atoms with Crippen LogP contribution in [0.4, 0.5) is 0 Å². The zero-order valence-corrected chi connectivity index (χ0v) is 9.59. The van der Waals surface area contributed by atoms with Crippen molar-refractivity contribution in [1.29, 1.82) is 0 Å². The predicted molar refractivity (Wildman–Crippen MR) is 42.6 cm³/mol. The predicted octanol–water partition coefficient (Wildman–Crippen LogP) is -1.03. The smallest absolute Gasteiger partial charge is 0.320 e. The van der Waals surface area contributed by atoms with Gasteiger partial charge in [0.1, 0.15) is 6.04 Å². The van der Waals surface area contributed by atoms with E-state index in [2.05, 4.69) is 4.74 Å². The summed E-state index contributed by atoms with van der Waals surface area (Å²) in [7, 11) is 0. The van der Waals surface area contributed by atoms with Gasteiger partial charge < -0.3 is 15.6 Å². The van der Waals surface area contributed by atoms with Crippen LogP contribution in [0.5, 0.6) is 0 Å². The summed E-state index contributed by atoms with van der Waals surface area (Å²) in [6, 6.07) is -0.950. The first-order valence-electron chi connectivity index (χ1n) is 3.15. The van der Waals surface area contributed by atoms with Crippen LogP contribution in [-0.4, -0.2) is 53.6 Å². The Morgan fingerprint density at radius 1 is 1.58 bits per heavy atom. The molecule has 3 N–H and O–H groups in total. The topological polar surface area (TPSA) is 89.6 Å². The van der Waals surface area contributed by atoms with Gasteiger partial charge in [-0.3, -0.25) is 9.59 Å². The third-order valence-electron chi connectivity index (χ3n) is 1.05. The maximum Gasteiger partial charge on any atom is 0.320 e. The van der Waals surface area contributed by atoms with Gasteiger partial charge in [-0.15, -0.1) is 0 Å². The van der Waals surface area contributed by atoms with E-state index in [0.29, 0.717) is 0 Å². The zero-order chi connectivity index (χ0) is 8.85. The van der Waals surface area contributed by atoms with Gasteiger partial charge in [0, 0.05) is 37.3 Å². The second kappa shape index (κ2) is 7.35. The monoisotopic (exact) mass is 281 g/mol. The van der Waals surface area contributed by atoms with Crippen molar-refractivity contribution in [2.24, 2.45) is 5.73 Å². The molecule has 0 rings (SSSR count). The van der Waals surface area contributed by atoms with Crippen LogP contribution in [0.3, 0.4) is 0 Å². The summed E-state index contributed by atoms with van der Waals surface area (Å²) in [5, 5.41) is 8.28. The maximum atomic E-state index is 10.2. The number of hydrogen-bond acceptors (Lipinski definition) is 4. The SMILES string of the molecule is CC(=O)OCC[C@H](N)C(=O)O.[Sn]. The van der Waals surface area contributed by atoms with Crippen molar-refractivity contribution < 1.29 is 19.4 Å². The van der Waals surface area contributed by atoms with Gasteiger partial charge in [-0.1, -0.05) is 0 Å². The molecule has 0 aliphatic carbocycles. The number of carbonyl (C=O) groups excluding carboxylic acids is 1. The molecule has 0 amide bonds. The number of rotatable bonds is 4. The molecule has 68 valence electrons. The first-order valence-corrected chi connectivity index (χ1v) is 3.15. The Morgan fingerprint density at radius 3 is 2.42 bits per heavy atom. The minimum atomic E-state index is -1.09. The maximum absolute atomic E-state index is 10.2. The van der Waals surface area contributed by atoms with Crippen molar-refractivity contribution in [3.8, 4) is 0 Å². The van der Waals surface area contributed by atoms with Crippen molar-refractivity contribution in [3.05, 3.63) is 0 Å². The Bertz CT molecular complexity index is 162. The molecule has 0 aromatic heterocycles. The molecule has 0 aromatic rings. The van der Waals surface area contributed by atoms with Gasteiger partial charge in [0.15, 0.2) is 0 Å². The third kappa shape index (κ3) is 7.80. The molecule has 6 heteroatoms. The molecule has 12 heavy (non-hydrogen) atoms. The second-order valence-corrected chi connectivity index (χ2v) is 2.07. The zero-order valence-electron chi connectivity index (χ0n) is 6.74.